The molecule has 0 aliphatic carbocycles. The van der Waals surface area contributed by atoms with Crippen molar-refractivity contribution in [1.82, 2.24) is 4.42 Å². The highest BCUT2D eigenvalue weighted by Crippen LogP contribution is 2.25. The van der Waals surface area contributed by atoms with Crippen LogP contribution in [0.4, 0.5) is 4.39 Å². The quantitative estimate of drug-likeness (QED) is 0.566. The molecule has 0 saturated carbocycles. The fraction of sp³-hybridized carbons (Fsp3) is 0.125. The van der Waals surface area contributed by atoms with Crippen molar-refractivity contribution >= 4 is 17.7 Å². The first-order chi connectivity index (χ1) is 5.70. The number of nitrogens with zero attached hydrogens (tertiary/aromatic N) is 1. The zero-order valence-corrected chi connectivity index (χ0v) is 6.81. The highest BCUT2D eigenvalue weighted by atomic mass is 35.5. The average Bonchev–Trinajstić information content (AvgIpc) is 2.32. The second-order valence-corrected chi connectivity index (χ2v) is 3.00. The van der Waals surface area contributed by atoms with E-state index in [0.29, 0.717) is 11.1 Å². The highest BCUT2D eigenvalue weighted by Gasteiger charge is 2.28. The lowest BCUT2D eigenvalue weighted by atomic mass is 10.1. The minimum Gasteiger partial charge on any atom is -0.268 e. The van der Waals surface area contributed by atoms with Gasteiger partial charge >= 0.3 is 0 Å². The first kappa shape index (κ1) is 7.55. The molecule has 1 heterocycles. The van der Waals surface area contributed by atoms with Gasteiger partial charge in [-0.1, -0.05) is 6.07 Å². The van der Waals surface area contributed by atoms with E-state index in [1.807, 2.05) is 0 Å². The summed E-state index contributed by atoms with van der Waals surface area (Å²) < 4.78 is 14.0. The summed E-state index contributed by atoms with van der Waals surface area (Å²) in [6.45, 7) is 0.155. The Morgan fingerprint density at radius 1 is 1.50 bits per heavy atom. The van der Waals surface area contributed by atoms with E-state index in [-0.39, 0.29) is 18.3 Å². The number of hydrogen-bond donors (Lipinski definition) is 0. The molecule has 1 amide bonds. The third-order valence-electron chi connectivity index (χ3n) is 1.87. The standard InChI is InChI=1S/C8H5ClFNO/c9-11-4-6-5(8(11)12)2-1-3-7(6)10/h1-3H,4H2. The van der Waals surface area contributed by atoms with Crippen molar-refractivity contribution in [1.29, 1.82) is 0 Å². The van der Waals surface area contributed by atoms with E-state index >= 15 is 0 Å². The van der Waals surface area contributed by atoms with Crippen LogP contribution in [0.15, 0.2) is 18.2 Å². The highest BCUT2D eigenvalue weighted by molar-refractivity contribution is 6.25. The van der Waals surface area contributed by atoms with Gasteiger partial charge in [-0.2, -0.15) is 0 Å². The summed E-state index contributed by atoms with van der Waals surface area (Å²) in [5.74, 6) is -0.699. The Balaban J connectivity index is 2.61. The molecule has 1 aromatic rings. The average molecular weight is 186 g/mol. The Hall–Kier alpha value is -1.09. The van der Waals surface area contributed by atoms with E-state index < -0.39 is 0 Å². The van der Waals surface area contributed by atoms with Crippen molar-refractivity contribution in [3.63, 3.8) is 0 Å². The van der Waals surface area contributed by atoms with Crippen molar-refractivity contribution in [2.45, 2.75) is 6.54 Å². The zero-order valence-electron chi connectivity index (χ0n) is 6.05. The van der Waals surface area contributed by atoms with Gasteiger partial charge in [-0.15, -0.1) is 0 Å². The van der Waals surface area contributed by atoms with E-state index in [0.717, 1.165) is 4.42 Å². The lowest BCUT2D eigenvalue weighted by Crippen LogP contribution is -2.10. The van der Waals surface area contributed by atoms with Gasteiger partial charge in [-0.25, -0.2) is 8.81 Å². The molecular weight excluding hydrogens is 181 g/mol. The SMILES string of the molecule is O=C1c2cccc(F)c2CN1Cl. The summed E-state index contributed by atoms with van der Waals surface area (Å²) in [6, 6.07) is 4.40. The summed E-state index contributed by atoms with van der Waals surface area (Å²) in [6.07, 6.45) is 0. The van der Waals surface area contributed by atoms with Gasteiger partial charge in [-0.05, 0) is 12.1 Å². The first-order valence-corrected chi connectivity index (χ1v) is 3.79. The molecule has 0 unspecified atom stereocenters. The van der Waals surface area contributed by atoms with Crippen LogP contribution in [-0.4, -0.2) is 10.3 Å². The summed E-state index contributed by atoms with van der Waals surface area (Å²) in [4.78, 5) is 11.2. The van der Waals surface area contributed by atoms with Crippen LogP contribution >= 0.6 is 11.8 Å². The third-order valence-corrected chi connectivity index (χ3v) is 2.14. The maximum atomic E-state index is 13.0. The van der Waals surface area contributed by atoms with Crippen LogP contribution < -0.4 is 0 Å². The Morgan fingerprint density at radius 2 is 2.25 bits per heavy atom. The molecule has 4 heteroatoms. The topological polar surface area (TPSA) is 20.3 Å². The number of hydrogen-bond acceptors (Lipinski definition) is 1. The van der Waals surface area contributed by atoms with E-state index in [4.69, 9.17) is 11.8 Å². The summed E-state index contributed by atoms with van der Waals surface area (Å²) in [5, 5.41) is 0. The minimum absolute atomic E-state index is 0.155. The van der Waals surface area contributed by atoms with Crippen LogP contribution in [0.2, 0.25) is 0 Å². The van der Waals surface area contributed by atoms with Gasteiger partial charge in [0, 0.05) is 22.9 Å². The largest absolute Gasteiger partial charge is 0.268 e. The number of halogens is 2. The smallest absolute Gasteiger partial charge is 0.268 e. The molecule has 0 aromatic heterocycles. The van der Waals surface area contributed by atoms with Gasteiger partial charge in [0.15, 0.2) is 0 Å². The van der Waals surface area contributed by atoms with Crippen LogP contribution in [0.25, 0.3) is 0 Å². The number of carbonyl (C=O) groups excluding carboxylic acids is 1. The Bertz CT molecular complexity index is 353. The lowest BCUT2D eigenvalue weighted by molar-refractivity contribution is 0.0881. The number of benzene rings is 1. The van der Waals surface area contributed by atoms with E-state index in [2.05, 4.69) is 0 Å². The monoisotopic (exact) mass is 185 g/mol. The Morgan fingerprint density at radius 3 is 2.92 bits per heavy atom. The zero-order chi connectivity index (χ0) is 8.72. The minimum atomic E-state index is -0.371. The van der Waals surface area contributed by atoms with Crippen molar-refractivity contribution in [2.75, 3.05) is 0 Å². The predicted molar refractivity (Wildman–Crippen MR) is 42.1 cm³/mol. The Labute approximate surface area is 73.7 Å². The molecule has 12 heavy (non-hydrogen) atoms. The molecule has 62 valence electrons. The molecule has 0 spiro atoms. The molecule has 0 radical (unpaired) electrons. The maximum absolute atomic E-state index is 13.0. The molecule has 1 aromatic carbocycles. The maximum Gasteiger partial charge on any atom is 0.268 e. The van der Waals surface area contributed by atoms with Crippen LogP contribution in [0.5, 0.6) is 0 Å². The molecule has 0 N–H and O–H groups in total. The van der Waals surface area contributed by atoms with E-state index in [1.165, 1.54) is 12.1 Å². The van der Waals surface area contributed by atoms with Gasteiger partial charge < -0.3 is 0 Å². The molecule has 0 bridgehead atoms. The Kier molecular flexibility index (Phi) is 1.54. The van der Waals surface area contributed by atoms with Crippen LogP contribution in [0, 0.1) is 5.82 Å². The molecule has 1 aliphatic heterocycles. The van der Waals surface area contributed by atoms with Gasteiger partial charge in [0.05, 0.1) is 6.54 Å². The first-order valence-electron chi connectivity index (χ1n) is 3.45. The summed E-state index contributed by atoms with van der Waals surface area (Å²) in [7, 11) is 0. The normalized spacial score (nSPS) is 15.2. The van der Waals surface area contributed by atoms with Crippen molar-refractivity contribution in [2.24, 2.45) is 0 Å². The lowest BCUT2D eigenvalue weighted by Gasteiger charge is -1.99. The fourth-order valence-electron chi connectivity index (χ4n) is 1.26. The van der Waals surface area contributed by atoms with Gasteiger partial charge in [-0.3, -0.25) is 4.79 Å². The number of carbonyl (C=O) groups is 1. The second kappa shape index (κ2) is 2.45. The number of rotatable bonds is 0. The van der Waals surface area contributed by atoms with E-state index in [1.54, 1.807) is 6.07 Å². The predicted octanol–water partition coefficient (Wildman–Crippen LogP) is 1.94. The van der Waals surface area contributed by atoms with Crippen molar-refractivity contribution in [3.05, 3.63) is 35.1 Å². The van der Waals surface area contributed by atoms with Crippen molar-refractivity contribution < 1.29 is 9.18 Å². The number of amides is 1. The summed E-state index contributed by atoms with van der Waals surface area (Å²) in [5.41, 5.74) is 0.752. The molecule has 1 aliphatic rings. The van der Waals surface area contributed by atoms with Crippen LogP contribution in [0.3, 0.4) is 0 Å². The molecule has 0 atom stereocenters. The van der Waals surface area contributed by atoms with Gasteiger partial charge in [0.1, 0.15) is 5.82 Å². The molecular formula is C8H5ClFNO. The molecule has 2 nitrogen and oxygen atoms in total. The van der Waals surface area contributed by atoms with Crippen molar-refractivity contribution in [3.8, 4) is 0 Å². The van der Waals surface area contributed by atoms with Gasteiger partial charge in [0.25, 0.3) is 5.91 Å². The van der Waals surface area contributed by atoms with Crippen LogP contribution in [-0.2, 0) is 6.54 Å². The molecule has 0 saturated heterocycles. The number of fused-ring (bicyclic) bond motifs is 1. The third kappa shape index (κ3) is 0.898. The van der Waals surface area contributed by atoms with Crippen LogP contribution in [0.1, 0.15) is 15.9 Å². The second-order valence-electron chi connectivity index (χ2n) is 2.59. The van der Waals surface area contributed by atoms with Gasteiger partial charge in [0.2, 0.25) is 0 Å². The molecule has 0 fully saturated rings. The fourth-order valence-corrected chi connectivity index (χ4v) is 1.47. The van der Waals surface area contributed by atoms with E-state index in [9.17, 15) is 9.18 Å². The summed E-state index contributed by atoms with van der Waals surface area (Å²) >= 11 is 5.52. The molecule has 2 rings (SSSR count).